The van der Waals surface area contributed by atoms with Crippen molar-refractivity contribution in [2.75, 3.05) is 4.90 Å². The molecular weight excluding hydrogens is 621 g/mol. The van der Waals surface area contributed by atoms with Crippen molar-refractivity contribution in [1.29, 1.82) is 0 Å². The van der Waals surface area contributed by atoms with E-state index in [1.807, 2.05) is 0 Å². The summed E-state index contributed by atoms with van der Waals surface area (Å²) in [6.45, 7) is 0. The van der Waals surface area contributed by atoms with Crippen molar-refractivity contribution in [3.8, 4) is 5.69 Å². The third-order valence-electron chi connectivity index (χ3n) is 10.8. The van der Waals surface area contributed by atoms with Gasteiger partial charge in [-0.15, -0.1) is 0 Å². The number of furan rings is 1. The highest BCUT2D eigenvalue weighted by Crippen LogP contribution is 2.48. The van der Waals surface area contributed by atoms with E-state index >= 15 is 0 Å². The number of fused-ring (bicyclic) bond motifs is 11. The molecule has 0 aliphatic heterocycles. The van der Waals surface area contributed by atoms with Gasteiger partial charge in [0, 0.05) is 38.5 Å². The second-order valence-electron chi connectivity index (χ2n) is 13.6. The first-order valence-electron chi connectivity index (χ1n) is 17.7. The number of hydrogen-bond acceptors (Lipinski definition) is 2. The van der Waals surface area contributed by atoms with Crippen LogP contribution < -0.4 is 4.90 Å². The quantitative estimate of drug-likeness (QED) is 0.176. The van der Waals surface area contributed by atoms with Crippen LogP contribution in [0.25, 0.3) is 76.9 Å². The fraction of sp³-hybridized carbons (Fsp3) is 0.0417. The largest absolute Gasteiger partial charge is 0.456 e. The monoisotopic (exact) mass is 652 g/mol. The summed E-state index contributed by atoms with van der Waals surface area (Å²) in [6, 6.07) is 57.7. The van der Waals surface area contributed by atoms with Gasteiger partial charge < -0.3 is 13.9 Å². The van der Waals surface area contributed by atoms with E-state index in [0.717, 1.165) is 46.9 Å². The average Bonchev–Trinajstić information content (AvgIpc) is 3.74. The van der Waals surface area contributed by atoms with Crippen LogP contribution in [-0.4, -0.2) is 4.57 Å². The molecule has 2 heterocycles. The zero-order valence-corrected chi connectivity index (χ0v) is 27.9. The third-order valence-corrected chi connectivity index (χ3v) is 10.8. The van der Waals surface area contributed by atoms with Crippen molar-refractivity contribution < 1.29 is 4.42 Å². The molecule has 0 N–H and O–H groups in total. The van der Waals surface area contributed by atoms with Gasteiger partial charge in [0.15, 0.2) is 0 Å². The fourth-order valence-corrected chi connectivity index (χ4v) is 8.58. The van der Waals surface area contributed by atoms with Crippen molar-refractivity contribution >= 4 is 88.2 Å². The lowest BCUT2D eigenvalue weighted by atomic mass is 9.94. The van der Waals surface area contributed by atoms with Gasteiger partial charge in [0.2, 0.25) is 0 Å². The Morgan fingerprint density at radius 2 is 1.25 bits per heavy atom. The number of anilines is 3. The van der Waals surface area contributed by atoms with E-state index in [-0.39, 0.29) is 0 Å². The predicted octanol–water partition coefficient (Wildman–Crippen LogP) is 13.4. The van der Waals surface area contributed by atoms with Crippen LogP contribution in [0.1, 0.15) is 17.7 Å². The highest BCUT2D eigenvalue weighted by atomic mass is 16.3. The second kappa shape index (κ2) is 11.0. The minimum atomic E-state index is 0.934. The van der Waals surface area contributed by atoms with Gasteiger partial charge in [-0.3, -0.25) is 0 Å². The summed E-state index contributed by atoms with van der Waals surface area (Å²) in [4.78, 5) is 2.51. The molecule has 240 valence electrons. The standard InChI is InChI=1S/C48H32N2O/c1-2-14-32(15-3-1)49-42-21-10-8-20-39(42)48-43(49)22-12-23-44(48)50(33-26-28-47-41(29-33)38-19-9-11-24-46(38)51-47)45-30-40-34-16-5-4-13-31(34)25-27-36(40)35-17-6-7-18-37(35)45/h1-8,10-18,20-30H,9,19H2. The lowest BCUT2D eigenvalue weighted by Gasteiger charge is -2.29. The van der Waals surface area contributed by atoms with Crippen LogP contribution in [0.15, 0.2) is 168 Å². The summed E-state index contributed by atoms with van der Waals surface area (Å²) in [5, 5.41) is 11.1. The number of allylic oxidation sites excluding steroid dienone is 1. The molecule has 0 spiro atoms. The Balaban J connectivity index is 1.30. The molecule has 0 fully saturated rings. The number of para-hydroxylation sites is 2. The first-order chi connectivity index (χ1) is 25.3. The zero-order valence-electron chi connectivity index (χ0n) is 27.9. The SMILES string of the molecule is C1=Cc2oc3ccc(N(c4cc5c6ccccc6ccc5c5ccccc45)c4cccc5c4c4ccccc4n5-c4ccccc4)cc3c2CC1. The second-order valence-corrected chi connectivity index (χ2v) is 13.6. The fourth-order valence-electron chi connectivity index (χ4n) is 8.58. The van der Waals surface area contributed by atoms with Gasteiger partial charge in [-0.05, 0) is 100 Å². The highest BCUT2D eigenvalue weighted by Gasteiger charge is 2.25. The Hall–Kier alpha value is -6.58. The molecule has 0 atom stereocenters. The molecule has 8 aromatic carbocycles. The summed E-state index contributed by atoms with van der Waals surface area (Å²) in [6.07, 6.45) is 6.35. The number of benzene rings is 8. The Morgan fingerprint density at radius 1 is 0.510 bits per heavy atom. The predicted molar refractivity (Wildman–Crippen MR) is 215 cm³/mol. The molecule has 0 bridgehead atoms. The summed E-state index contributed by atoms with van der Waals surface area (Å²) < 4.78 is 8.79. The zero-order chi connectivity index (χ0) is 33.5. The van der Waals surface area contributed by atoms with Crippen molar-refractivity contribution in [1.82, 2.24) is 4.57 Å². The maximum absolute atomic E-state index is 6.38. The molecule has 2 aromatic heterocycles. The van der Waals surface area contributed by atoms with Crippen molar-refractivity contribution in [3.63, 3.8) is 0 Å². The van der Waals surface area contributed by atoms with E-state index < -0.39 is 0 Å². The highest BCUT2D eigenvalue weighted by molar-refractivity contribution is 6.23. The molecule has 3 heteroatoms. The molecule has 51 heavy (non-hydrogen) atoms. The van der Waals surface area contributed by atoms with Crippen LogP contribution in [-0.2, 0) is 6.42 Å². The average molecular weight is 653 g/mol. The van der Waals surface area contributed by atoms with Gasteiger partial charge in [-0.2, -0.15) is 0 Å². The normalized spacial score (nSPS) is 12.9. The molecule has 1 aliphatic carbocycles. The first-order valence-corrected chi connectivity index (χ1v) is 17.7. The Labute approximate surface area is 294 Å². The third kappa shape index (κ3) is 4.18. The Kier molecular flexibility index (Phi) is 6.08. The van der Waals surface area contributed by atoms with Crippen LogP contribution in [0.3, 0.4) is 0 Å². The molecule has 11 rings (SSSR count). The summed E-state index contributed by atoms with van der Waals surface area (Å²) in [5.74, 6) is 0.982. The minimum absolute atomic E-state index is 0.934. The van der Waals surface area contributed by atoms with Gasteiger partial charge in [0.1, 0.15) is 11.3 Å². The van der Waals surface area contributed by atoms with Gasteiger partial charge >= 0.3 is 0 Å². The smallest absolute Gasteiger partial charge is 0.135 e. The minimum Gasteiger partial charge on any atom is -0.456 e. The summed E-state index contributed by atoms with van der Waals surface area (Å²) >= 11 is 0. The number of rotatable bonds is 4. The van der Waals surface area contributed by atoms with Crippen molar-refractivity contribution in [2.24, 2.45) is 0 Å². The Bertz CT molecular complexity index is 3040. The topological polar surface area (TPSA) is 21.3 Å². The molecular formula is C48H32N2O. The van der Waals surface area contributed by atoms with E-state index in [9.17, 15) is 0 Å². The van der Waals surface area contributed by atoms with Crippen LogP contribution in [0.4, 0.5) is 17.1 Å². The maximum atomic E-state index is 6.38. The Morgan fingerprint density at radius 3 is 2.16 bits per heavy atom. The van der Waals surface area contributed by atoms with Gasteiger partial charge in [0.25, 0.3) is 0 Å². The van der Waals surface area contributed by atoms with E-state index in [1.165, 1.54) is 65.1 Å². The van der Waals surface area contributed by atoms with E-state index in [2.05, 4.69) is 179 Å². The summed E-state index contributed by atoms with van der Waals surface area (Å²) in [7, 11) is 0. The van der Waals surface area contributed by atoms with E-state index in [0.29, 0.717) is 0 Å². The van der Waals surface area contributed by atoms with Crippen molar-refractivity contribution in [2.45, 2.75) is 12.8 Å². The van der Waals surface area contributed by atoms with Crippen LogP contribution in [0, 0.1) is 0 Å². The lowest BCUT2D eigenvalue weighted by Crippen LogP contribution is -2.11. The molecule has 10 aromatic rings. The van der Waals surface area contributed by atoms with E-state index in [4.69, 9.17) is 4.42 Å². The number of nitrogens with zero attached hydrogens (tertiary/aromatic N) is 2. The first kappa shape index (κ1) is 28.3. The van der Waals surface area contributed by atoms with E-state index in [1.54, 1.807) is 0 Å². The van der Waals surface area contributed by atoms with Crippen LogP contribution in [0.5, 0.6) is 0 Å². The molecule has 0 saturated carbocycles. The van der Waals surface area contributed by atoms with Crippen LogP contribution >= 0.6 is 0 Å². The van der Waals surface area contributed by atoms with Gasteiger partial charge in [-0.25, -0.2) is 0 Å². The molecule has 3 nitrogen and oxygen atoms in total. The molecule has 0 unspecified atom stereocenters. The number of aryl methyl sites for hydroxylation is 1. The molecule has 1 aliphatic rings. The summed E-state index contributed by atoms with van der Waals surface area (Å²) in [5.41, 5.74) is 9.13. The molecule has 0 radical (unpaired) electrons. The van der Waals surface area contributed by atoms with Crippen LogP contribution in [0.2, 0.25) is 0 Å². The molecule has 0 amide bonds. The molecule has 0 saturated heterocycles. The number of hydrogen-bond donors (Lipinski definition) is 0. The van der Waals surface area contributed by atoms with Gasteiger partial charge in [0.05, 0.1) is 22.4 Å². The maximum Gasteiger partial charge on any atom is 0.135 e. The lowest BCUT2D eigenvalue weighted by molar-refractivity contribution is 0.595. The van der Waals surface area contributed by atoms with Crippen molar-refractivity contribution in [3.05, 3.63) is 175 Å². The number of aromatic nitrogens is 1. The van der Waals surface area contributed by atoms with Gasteiger partial charge in [-0.1, -0.05) is 109 Å².